The summed E-state index contributed by atoms with van der Waals surface area (Å²) in [4.78, 5) is 25.0. The average Bonchev–Trinajstić information content (AvgIpc) is 3.53. The van der Waals surface area contributed by atoms with E-state index < -0.39 is 42.6 Å². The van der Waals surface area contributed by atoms with Crippen molar-refractivity contribution in [1.82, 2.24) is 4.90 Å². The van der Waals surface area contributed by atoms with Crippen molar-refractivity contribution in [2.75, 3.05) is 13.2 Å². The van der Waals surface area contributed by atoms with Crippen LogP contribution < -0.4 is 4.74 Å². The first-order valence-corrected chi connectivity index (χ1v) is 12.0. The van der Waals surface area contributed by atoms with Crippen LogP contribution in [0.1, 0.15) is 80.6 Å². The van der Waals surface area contributed by atoms with Crippen molar-refractivity contribution in [2.24, 2.45) is 11.3 Å². The molecule has 4 rings (SSSR count). The average molecular weight is 480 g/mol. The lowest BCUT2D eigenvalue weighted by Crippen LogP contribution is -2.41. The first-order valence-electron chi connectivity index (χ1n) is 12.0. The molecule has 3 aliphatic rings. The Hall–Kier alpha value is -2.51. The Kier molecular flexibility index (Phi) is 6.46. The van der Waals surface area contributed by atoms with Gasteiger partial charge >= 0.3 is 5.97 Å². The normalized spacial score (nSPS) is 28.7. The lowest BCUT2D eigenvalue weighted by atomic mass is 9.67. The van der Waals surface area contributed by atoms with E-state index in [9.17, 15) is 23.5 Å². The Morgan fingerprint density at radius 1 is 1.26 bits per heavy atom. The molecular weight excluding hydrogens is 447 g/mol. The van der Waals surface area contributed by atoms with Crippen molar-refractivity contribution in [3.8, 4) is 5.75 Å². The number of carbonyl (C=O) groups excluding carboxylic acids is 1. The minimum atomic E-state index is -3.33. The van der Waals surface area contributed by atoms with Crippen LogP contribution >= 0.6 is 0 Å². The van der Waals surface area contributed by atoms with Gasteiger partial charge in [0, 0.05) is 17.9 Å². The zero-order chi connectivity index (χ0) is 24.8. The number of likely N-dealkylation sites (tertiary alicyclic amines) is 1. The zero-order valence-corrected chi connectivity index (χ0v) is 19.7. The van der Waals surface area contributed by atoms with E-state index in [0.29, 0.717) is 28.7 Å². The fourth-order valence-electron chi connectivity index (χ4n) is 5.67. The molecule has 5 nitrogen and oxygen atoms in total. The predicted octanol–water partition coefficient (Wildman–Crippen LogP) is 5.79. The van der Waals surface area contributed by atoms with Gasteiger partial charge in [0.15, 0.2) is 0 Å². The number of amides is 1. The molecular formula is C26H32F3NO4. The van der Waals surface area contributed by atoms with Crippen LogP contribution in [0.3, 0.4) is 0 Å². The fraction of sp³-hybridized carbons (Fsp3) is 0.615. The summed E-state index contributed by atoms with van der Waals surface area (Å²) in [5.41, 5.74) is 1.39. The van der Waals surface area contributed by atoms with Crippen molar-refractivity contribution >= 4 is 11.9 Å². The summed E-state index contributed by atoms with van der Waals surface area (Å²) in [6.07, 6.45) is 4.48. The van der Waals surface area contributed by atoms with Crippen LogP contribution in [0.2, 0.25) is 0 Å². The number of nitrogens with zero attached hydrogens (tertiary/aromatic N) is 1. The molecule has 34 heavy (non-hydrogen) atoms. The highest BCUT2D eigenvalue weighted by atomic mass is 19.3. The summed E-state index contributed by atoms with van der Waals surface area (Å²) in [6.45, 7) is 7.84. The maximum atomic E-state index is 15.1. The van der Waals surface area contributed by atoms with Crippen LogP contribution in [-0.2, 0) is 4.79 Å². The molecule has 186 valence electrons. The number of alkyl halides is 2. The molecule has 0 aromatic heterocycles. The number of rotatable bonds is 7. The topological polar surface area (TPSA) is 66.8 Å². The maximum Gasteiger partial charge on any atom is 0.326 e. The highest BCUT2D eigenvalue weighted by Gasteiger charge is 2.50. The molecule has 1 saturated heterocycles. The molecule has 1 heterocycles. The first-order chi connectivity index (χ1) is 15.9. The summed E-state index contributed by atoms with van der Waals surface area (Å²) in [7, 11) is 0. The summed E-state index contributed by atoms with van der Waals surface area (Å²) in [5.74, 6) is -5.81. The Morgan fingerprint density at radius 3 is 2.56 bits per heavy atom. The fourth-order valence-corrected chi connectivity index (χ4v) is 5.67. The minimum Gasteiger partial charge on any atom is -0.493 e. The van der Waals surface area contributed by atoms with E-state index in [2.05, 4.69) is 20.4 Å². The number of aliphatic carboxylic acids is 1. The van der Waals surface area contributed by atoms with Crippen molar-refractivity contribution in [3.05, 3.63) is 41.2 Å². The first kappa shape index (κ1) is 24.6. The smallest absolute Gasteiger partial charge is 0.326 e. The molecule has 0 radical (unpaired) electrons. The van der Waals surface area contributed by atoms with Gasteiger partial charge in [0.1, 0.15) is 17.6 Å². The van der Waals surface area contributed by atoms with Crippen LogP contribution in [0.15, 0.2) is 24.3 Å². The monoisotopic (exact) mass is 479 g/mol. The number of hydrogen-bond donors (Lipinski definition) is 1. The maximum absolute atomic E-state index is 15.1. The molecule has 1 aliphatic heterocycles. The van der Waals surface area contributed by atoms with Gasteiger partial charge in [-0.05, 0) is 62.0 Å². The lowest BCUT2D eigenvalue weighted by Gasteiger charge is -2.40. The van der Waals surface area contributed by atoms with Gasteiger partial charge in [-0.15, -0.1) is 0 Å². The highest BCUT2D eigenvalue weighted by molar-refractivity contribution is 5.97. The molecule has 2 unspecified atom stereocenters. The van der Waals surface area contributed by atoms with Gasteiger partial charge in [-0.3, -0.25) is 4.79 Å². The number of carboxylic acids is 1. The zero-order valence-electron chi connectivity index (χ0n) is 19.7. The second-order valence-electron chi connectivity index (χ2n) is 10.6. The molecule has 3 atom stereocenters. The largest absolute Gasteiger partial charge is 0.493 e. The Morgan fingerprint density at radius 2 is 1.97 bits per heavy atom. The van der Waals surface area contributed by atoms with E-state index in [1.54, 1.807) is 0 Å². The molecule has 8 heteroatoms. The van der Waals surface area contributed by atoms with Crippen LogP contribution in [0.4, 0.5) is 13.2 Å². The van der Waals surface area contributed by atoms with Gasteiger partial charge in [0.25, 0.3) is 11.8 Å². The molecule has 1 N–H and O–H groups in total. The molecule has 0 spiro atoms. The molecule has 0 bridgehead atoms. The molecule has 1 aromatic carbocycles. The van der Waals surface area contributed by atoms with E-state index in [0.717, 1.165) is 44.6 Å². The summed E-state index contributed by atoms with van der Waals surface area (Å²) >= 11 is 0. The van der Waals surface area contributed by atoms with Gasteiger partial charge in [0.2, 0.25) is 0 Å². The third-order valence-electron chi connectivity index (χ3n) is 7.49. The third kappa shape index (κ3) is 4.96. The predicted molar refractivity (Wildman–Crippen MR) is 121 cm³/mol. The number of carboxylic acid groups (broad SMARTS) is 1. The molecule has 3 fully saturated rings. The lowest BCUT2D eigenvalue weighted by molar-refractivity contribution is -0.141. The number of ether oxygens (including phenoxy) is 1. The SMILES string of the molecule is C=C1CC(C)CC(CC)(COc2cc(F)c(C(=O)N3CC(F)(F)C[C@H]3C(=O)O)cc2C2CC2)C1. The van der Waals surface area contributed by atoms with Crippen molar-refractivity contribution in [2.45, 2.75) is 76.7 Å². The molecule has 2 aliphatic carbocycles. The summed E-state index contributed by atoms with van der Waals surface area (Å²) < 4.78 is 49.1. The second kappa shape index (κ2) is 8.93. The number of benzene rings is 1. The van der Waals surface area contributed by atoms with Crippen LogP contribution in [0.25, 0.3) is 0 Å². The van der Waals surface area contributed by atoms with Crippen LogP contribution in [0, 0.1) is 17.2 Å². The number of allylic oxidation sites excluding steroid dienone is 1. The van der Waals surface area contributed by atoms with Crippen molar-refractivity contribution in [3.63, 3.8) is 0 Å². The summed E-state index contributed by atoms with van der Waals surface area (Å²) in [6, 6.07) is 0.851. The van der Waals surface area contributed by atoms with Gasteiger partial charge in [-0.1, -0.05) is 26.0 Å². The molecule has 1 aromatic rings. The van der Waals surface area contributed by atoms with Crippen molar-refractivity contribution < 1.29 is 32.6 Å². The van der Waals surface area contributed by atoms with Crippen LogP contribution in [0.5, 0.6) is 5.75 Å². The van der Waals surface area contributed by atoms with E-state index in [-0.39, 0.29) is 16.9 Å². The third-order valence-corrected chi connectivity index (χ3v) is 7.49. The summed E-state index contributed by atoms with van der Waals surface area (Å²) in [5, 5.41) is 9.31. The highest BCUT2D eigenvalue weighted by Crippen LogP contribution is 2.48. The minimum absolute atomic E-state index is 0.0869. The van der Waals surface area contributed by atoms with Crippen molar-refractivity contribution in [1.29, 1.82) is 0 Å². The number of hydrogen-bond acceptors (Lipinski definition) is 3. The van der Waals surface area contributed by atoms with Gasteiger partial charge in [-0.2, -0.15) is 0 Å². The number of halogens is 3. The Bertz CT molecular complexity index is 1010. The van der Waals surface area contributed by atoms with Crippen LogP contribution in [-0.4, -0.2) is 47.0 Å². The van der Waals surface area contributed by atoms with Gasteiger partial charge < -0.3 is 14.7 Å². The molecule has 2 saturated carbocycles. The Labute approximate surface area is 198 Å². The van der Waals surface area contributed by atoms with E-state index >= 15 is 4.39 Å². The molecule has 1 amide bonds. The standard InChI is InChI=1S/C26H32F3NO4/c1-4-25(10-15(2)7-16(3)11-25)14-34-22-9-20(27)19(8-18(22)17-5-6-17)23(31)30-13-26(28,29)12-21(30)24(32)33/h8-9,16-17,21H,2,4-7,10-14H2,1,3H3,(H,32,33)/t16?,21-,25?/m0/s1. The van der Waals surface area contributed by atoms with E-state index in [1.165, 1.54) is 11.6 Å². The van der Waals surface area contributed by atoms with E-state index in [1.807, 2.05) is 0 Å². The van der Waals surface area contributed by atoms with Gasteiger partial charge in [0.05, 0.1) is 18.7 Å². The van der Waals surface area contributed by atoms with Gasteiger partial charge in [-0.25, -0.2) is 18.0 Å². The second-order valence-corrected chi connectivity index (χ2v) is 10.6. The number of carbonyl (C=O) groups is 2. The van der Waals surface area contributed by atoms with E-state index in [4.69, 9.17) is 4.74 Å². The quantitative estimate of drug-likeness (QED) is 0.503. The Balaban J connectivity index is 1.60.